The van der Waals surface area contributed by atoms with Crippen LogP contribution in [-0.2, 0) is 14.4 Å². The van der Waals surface area contributed by atoms with E-state index >= 15 is 0 Å². The first kappa shape index (κ1) is 23.5. The maximum atomic E-state index is 12.9. The molecule has 3 rings (SSSR count). The summed E-state index contributed by atoms with van der Waals surface area (Å²) in [7, 11) is 0. The summed E-state index contributed by atoms with van der Waals surface area (Å²) < 4.78 is 5.05. The minimum absolute atomic E-state index is 0.0923. The molecule has 0 bridgehead atoms. The number of amides is 3. The summed E-state index contributed by atoms with van der Waals surface area (Å²) in [6.45, 7) is 1.98. The first-order valence-corrected chi connectivity index (χ1v) is 10.3. The van der Waals surface area contributed by atoms with E-state index in [1.54, 1.807) is 0 Å². The van der Waals surface area contributed by atoms with Crippen molar-refractivity contribution in [3.63, 3.8) is 0 Å². The molecule has 0 radical (unpaired) electrons. The molecule has 5 N–H and O–H groups in total. The van der Waals surface area contributed by atoms with Gasteiger partial charge in [0, 0.05) is 23.2 Å². The Balaban J connectivity index is 1.88. The Bertz CT molecular complexity index is 1050. The molecule has 11 heteroatoms. The molecule has 0 saturated carbocycles. The van der Waals surface area contributed by atoms with Gasteiger partial charge in [0.15, 0.2) is 0 Å². The van der Waals surface area contributed by atoms with Crippen LogP contribution in [0.4, 0.5) is 0 Å². The summed E-state index contributed by atoms with van der Waals surface area (Å²) in [5.74, 6) is -3.43. The number of piperazine rings is 1. The highest BCUT2D eigenvalue weighted by atomic mass is 16.4. The molecule has 1 aromatic heterocycles. The van der Waals surface area contributed by atoms with Crippen LogP contribution < -0.4 is 11.1 Å². The number of nitrogens with one attached hydrogen (secondary N) is 2. The maximum Gasteiger partial charge on any atom is 0.313 e. The molecule has 2 atom stereocenters. The summed E-state index contributed by atoms with van der Waals surface area (Å²) >= 11 is 0. The normalized spacial score (nSPS) is 17.1. The number of hydrogen-bond donors (Lipinski definition) is 4. The number of furan rings is 1. The molecule has 1 aliphatic rings. The van der Waals surface area contributed by atoms with Crippen LogP contribution in [0.25, 0.3) is 0 Å². The number of rotatable bonds is 9. The molecule has 174 valence electrons. The second-order valence-electron chi connectivity index (χ2n) is 7.61. The number of aliphatic carboxylic acids is 1. The lowest BCUT2D eigenvalue weighted by molar-refractivity contribution is -0.162. The number of nitrogens with two attached hydrogens (primary N) is 1. The highest BCUT2D eigenvalue weighted by Crippen LogP contribution is 2.28. The van der Waals surface area contributed by atoms with E-state index in [1.807, 2.05) is 6.92 Å². The van der Waals surface area contributed by atoms with Crippen LogP contribution in [0.3, 0.4) is 0 Å². The largest absolute Gasteiger partial charge is 0.481 e. The van der Waals surface area contributed by atoms with Gasteiger partial charge in [-0.05, 0) is 24.6 Å². The van der Waals surface area contributed by atoms with Crippen LogP contribution in [0.2, 0.25) is 0 Å². The minimum atomic E-state index is -1.15. The summed E-state index contributed by atoms with van der Waals surface area (Å²) in [6, 6.07) is 6.67. The van der Waals surface area contributed by atoms with Gasteiger partial charge in [-0.2, -0.15) is 0 Å². The molecule has 1 aromatic carbocycles. The van der Waals surface area contributed by atoms with Crippen molar-refractivity contribution in [1.29, 1.82) is 5.41 Å². The summed E-state index contributed by atoms with van der Waals surface area (Å²) in [5.41, 5.74) is 6.62. The summed E-state index contributed by atoms with van der Waals surface area (Å²) in [5, 5.41) is 19.6. The third-order valence-corrected chi connectivity index (χ3v) is 5.34. The number of carboxylic acid groups (broad SMARTS) is 1. The van der Waals surface area contributed by atoms with Crippen molar-refractivity contribution in [2.24, 2.45) is 5.73 Å². The number of nitrogen functional groups attached to an aromatic ring is 1. The molecule has 1 fully saturated rings. The Kier molecular flexibility index (Phi) is 7.11. The molecule has 1 saturated heterocycles. The molecule has 0 spiro atoms. The summed E-state index contributed by atoms with van der Waals surface area (Å²) in [6.07, 6.45) is 1.94. The Morgan fingerprint density at radius 3 is 2.42 bits per heavy atom. The Hall–Kier alpha value is -4.15. The zero-order chi connectivity index (χ0) is 24.1. The van der Waals surface area contributed by atoms with Gasteiger partial charge in [0.1, 0.15) is 12.0 Å². The lowest BCUT2D eigenvalue weighted by atomic mass is 10.0. The van der Waals surface area contributed by atoms with Crippen molar-refractivity contribution >= 4 is 29.5 Å². The van der Waals surface area contributed by atoms with Crippen LogP contribution in [0.15, 0.2) is 47.3 Å². The number of nitrogens with zero attached hydrogens (tertiary/aromatic N) is 2. The first-order chi connectivity index (χ1) is 15.7. The van der Waals surface area contributed by atoms with Gasteiger partial charge in [-0.25, -0.2) is 0 Å². The van der Waals surface area contributed by atoms with E-state index in [0.29, 0.717) is 17.5 Å². The van der Waals surface area contributed by atoms with Crippen molar-refractivity contribution in [3.8, 4) is 0 Å². The lowest BCUT2D eigenvalue weighted by Crippen LogP contribution is -2.65. The van der Waals surface area contributed by atoms with Gasteiger partial charge in [0.2, 0.25) is 0 Å². The zero-order valence-electron chi connectivity index (χ0n) is 18.0. The predicted octanol–water partition coefficient (Wildman–Crippen LogP) is 0.916. The van der Waals surface area contributed by atoms with Gasteiger partial charge < -0.3 is 30.4 Å². The van der Waals surface area contributed by atoms with Gasteiger partial charge in [0.25, 0.3) is 5.91 Å². The second-order valence-corrected chi connectivity index (χ2v) is 7.61. The summed E-state index contributed by atoms with van der Waals surface area (Å²) in [4.78, 5) is 52.6. The van der Waals surface area contributed by atoms with E-state index in [1.165, 1.54) is 47.8 Å². The third-order valence-electron chi connectivity index (χ3n) is 5.34. The first-order valence-electron chi connectivity index (χ1n) is 10.3. The zero-order valence-corrected chi connectivity index (χ0v) is 18.0. The van der Waals surface area contributed by atoms with Crippen LogP contribution in [0, 0.1) is 5.41 Å². The van der Waals surface area contributed by atoms with E-state index in [-0.39, 0.29) is 24.5 Å². The number of carbonyl (C=O) groups excluding carboxylic acids is 3. The fourth-order valence-corrected chi connectivity index (χ4v) is 3.72. The fourth-order valence-electron chi connectivity index (χ4n) is 3.72. The van der Waals surface area contributed by atoms with Crippen molar-refractivity contribution in [2.45, 2.75) is 32.0 Å². The average molecular weight is 455 g/mol. The fraction of sp³-hybridized carbons (Fsp3) is 0.318. The van der Waals surface area contributed by atoms with E-state index in [9.17, 15) is 24.3 Å². The lowest BCUT2D eigenvalue weighted by Gasteiger charge is -2.43. The molecular weight excluding hydrogens is 430 g/mol. The molecular formula is C22H25N5O6. The van der Waals surface area contributed by atoms with E-state index in [2.05, 4.69) is 5.32 Å². The number of carboxylic acids is 1. The van der Waals surface area contributed by atoms with E-state index in [0.717, 1.165) is 4.90 Å². The van der Waals surface area contributed by atoms with Gasteiger partial charge >= 0.3 is 17.8 Å². The molecule has 1 aliphatic heterocycles. The van der Waals surface area contributed by atoms with Crippen LogP contribution >= 0.6 is 0 Å². The number of benzene rings is 1. The Labute approximate surface area is 189 Å². The van der Waals surface area contributed by atoms with E-state index < -0.39 is 42.3 Å². The van der Waals surface area contributed by atoms with Crippen molar-refractivity contribution in [2.75, 3.05) is 13.1 Å². The highest BCUT2D eigenvalue weighted by molar-refractivity contribution is 6.35. The number of amidine groups is 1. The molecule has 2 heterocycles. The maximum absolute atomic E-state index is 12.9. The Morgan fingerprint density at radius 2 is 1.88 bits per heavy atom. The van der Waals surface area contributed by atoms with Crippen LogP contribution in [0.1, 0.15) is 47.3 Å². The van der Waals surface area contributed by atoms with Gasteiger partial charge in [-0.1, -0.05) is 19.1 Å². The molecule has 3 amide bonds. The van der Waals surface area contributed by atoms with Gasteiger partial charge in [0.05, 0.1) is 31.5 Å². The number of hydrogen-bond acceptors (Lipinski definition) is 6. The molecule has 0 aliphatic carbocycles. The smallest absolute Gasteiger partial charge is 0.313 e. The van der Waals surface area contributed by atoms with Crippen molar-refractivity contribution < 1.29 is 28.7 Å². The quantitative estimate of drug-likeness (QED) is 0.247. The van der Waals surface area contributed by atoms with Gasteiger partial charge in [-0.3, -0.25) is 24.6 Å². The Morgan fingerprint density at radius 1 is 1.21 bits per heavy atom. The molecule has 33 heavy (non-hydrogen) atoms. The van der Waals surface area contributed by atoms with Crippen LogP contribution in [-0.4, -0.2) is 63.7 Å². The molecule has 2 unspecified atom stereocenters. The highest BCUT2D eigenvalue weighted by Gasteiger charge is 2.43. The SMILES string of the molecule is CCCN1C(=O)C(=O)N(C(CC(=O)O)c2ccoc2)CC1NC(=O)c1ccc(C(=N)N)cc1. The van der Waals surface area contributed by atoms with Crippen molar-refractivity contribution in [3.05, 3.63) is 59.5 Å². The van der Waals surface area contributed by atoms with E-state index in [4.69, 9.17) is 15.6 Å². The van der Waals surface area contributed by atoms with Crippen molar-refractivity contribution in [1.82, 2.24) is 15.1 Å². The monoisotopic (exact) mass is 455 g/mol. The molecule has 11 nitrogen and oxygen atoms in total. The minimum Gasteiger partial charge on any atom is -0.481 e. The standard InChI is InChI=1S/C22H25N5O6/c1-2-8-26-17(25-20(30)14-5-3-13(4-6-14)19(23)24)11-27(22(32)21(26)31)16(10-18(28)29)15-7-9-33-12-15/h3-7,9,12,16-17H,2,8,10-11H2,1H3,(H3,23,24)(H,25,30)(H,28,29). The predicted molar refractivity (Wildman–Crippen MR) is 116 cm³/mol. The van der Waals surface area contributed by atoms with Crippen LogP contribution in [0.5, 0.6) is 0 Å². The molecule has 2 aromatic rings. The second kappa shape index (κ2) is 9.98. The third kappa shape index (κ3) is 5.20. The topological polar surface area (TPSA) is 170 Å². The van der Waals surface area contributed by atoms with Gasteiger partial charge in [-0.15, -0.1) is 0 Å². The number of carbonyl (C=O) groups is 4. The average Bonchev–Trinajstić information content (AvgIpc) is 3.32.